The number of phenols is 1. The molecule has 3 rings (SSSR count). The molecule has 2 fully saturated rings. The molecule has 0 saturated heterocycles. The third kappa shape index (κ3) is 5.53. The van der Waals surface area contributed by atoms with Gasteiger partial charge in [-0.25, -0.2) is 0 Å². The molecule has 31 heavy (non-hydrogen) atoms. The maximum atomic E-state index is 11.5. The minimum Gasteiger partial charge on any atom is -0.507 e. The normalized spacial score (nSPS) is 29.0. The van der Waals surface area contributed by atoms with Gasteiger partial charge in [0, 0.05) is 16.5 Å². The third-order valence-corrected chi connectivity index (χ3v) is 8.84. The van der Waals surface area contributed by atoms with Crippen LogP contribution in [0.5, 0.6) is 5.75 Å². The Kier molecular flexibility index (Phi) is 7.62. The molecule has 0 radical (unpaired) electrons. The zero-order valence-corrected chi connectivity index (χ0v) is 22.9. The quantitative estimate of drug-likeness (QED) is 0.377. The number of phenolic OH excluding ortho intramolecular Hbond substituents is 1. The standard InChI is InChI=1S/C29H47BrO/c1-20(2)9-10-22-16-28(15-21(3)4)11-8-12-29(17-22,19-28)25-14-24(27(5,6)7)13-23(18-30)26(25)31/h13-14,20-22,31H,8-12,15-19H2,1-7H3. The highest BCUT2D eigenvalue weighted by atomic mass is 79.9. The summed E-state index contributed by atoms with van der Waals surface area (Å²) >= 11 is 3.67. The van der Waals surface area contributed by atoms with Crippen LogP contribution in [-0.2, 0) is 16.2 Å². The smallest absolute Gasteiger partial charge is 0.123 e. The van der Waals surface area contributed by atoms with Crippen LogP contribution in [0.3, 0.4) is 0 Å². The van der Waals surface area contributed by atoms with E-state index in [4.69, 9.17) is 0 Å². The van der Waals surface area contributed by atoms with Crippen LogP contribution in [0.4, 0.5) is 0 Å². The van der Waals surface area contributed by atoms with Crippen molar-refractivity contribution in [1.82, 2.24) is 0 Å². The summed E-state index contributed by atoms with van der Waals surface area (Å²) in [6.45, 7) is 16.4. The second kappa shape index (κ2) is 9.40. The number of benzene rings is 1. The van der Waals surface area contributed by atoms with E-state index in [-0.39, 0.29) is 10.8 Å². The van der Waals surface area contributed by atoms with E-state index in [9.17, 15) is 5.11 Å². The van der Waals surface area contributed by atoms with Gasteiger partial charge in [-0.05, 0) is 78.1 Å². The summed E-state index contributed by atoms with van der Waals surface area (Å²) in [6.07, 6.45) is 11.9. The molecule has 3 atom stereocenters. The molecular weight excluding hydrogens is 444 g/mol. The minimum atomic E-state index is 0.0887. The van der Waals surface area contributed by atoms with Crippen molar-refractivity contribution in [3.8, 4) is 5.75 Å². The lowest BCUT2D eigenvalue weighted by molar-refractivity contribution is -0.00413. The molecule has 0 spiro atoms. The Bertz CT molecular complexity index is 759. The highest BCUT2D eigenvalue weighted by molar-refractivity contribution is 9.08. The molecule has 1 aromatic rings. The first kappa shape index (κ1) is 25.1. The van der Waals surface area contributed by atoms with E-state index in [0.29, 0.717) is 11.2 Å². The second-order valence-electron chi connectivity index (χ2n) is 13.1. The maximum Gasteiger partial charge on any atom is 0.123 e. The van der Waals surface area contributed by atoms with Crippen molar-refractivity contribution in [2.75, 3.05) is 0 Å². The lowest BCUT2D eigenvalue weighted by Crippen LogP contribution is -2.47. The fourth-order valence-corrected chi connectivity index (χ4v) is 7.58. The Labute approximate surface area is 200 Å². The van der Waals surface area contributed by atoms with E-state index in [0.717, 1.165) is 28.6 Å². The van der Waals surface area contributed by atoms with Crippen LogP contribution in [0, 0.1) is 23.2 Å². The largest absolute Gasteiger partial charge is 0.507 e. The van der Waals surface area contributed by atoms with Gasteiger partial charge in [0.2, 0.25) is 0 Å². The van der Waals surface area contributed by atoms with Crippen LogP contribution in [0.25, 0.3) is 0 Å². The van der Waals surface area contributed by atoms with E-state index in [1.165, 1.54) is 68.9 Å². The molecular formula is C29H47BrO. The predicted molar refractivity (Wildman–Crippen MR) is 138 cm³/mol. The highest BCUT2D eigenvalue weighted by Gasteiger charge is 2.52. The van der Waals surface area contributed by atoms with Crippen LogP contribution in [0.1, 0.15) is 123 Å². The summed E-state index contributed by atoms with van der Waals surface area (Å²) < 4.78 is 0. The molecule has 0 heterocycles. The van der Waals surface area contributed by atoms with E-state index >= 15 is 0 Å². The zero-order valence-electron chi connectivity index (χ0n) is 21.3. The summed E-state index contributed by atoms with van der Waals surface area (Å²) in [4.78, 5) is 0. The number of alkyl halides is 1. The van der Waals surface area contributed by atoms with Gasteiger partial charge in [0.15, 0.2) is 0 Å². The van der Waals surface area contributed by atoms with Crippen molar-refractivity contribution >= 4 is 15.9 Å². The van der Waals surface area contributed by atoms with Crippen LogP contribution < -0.4 is 0 Å². The zero-order chi connectivity index (χ0) is 23.0. The van der Waals surface area contributed by atoms with Crippen molar-refractivity contribution in [3.05, 3.63) is 28.8 Å². The van der Waals surface area contributed by atoms with Gasteiger partial charge < -0.3 is 5.11 Å². The van der Waals surface area contributed by atoms with Gasteiger partial charge in [-0.3, -0.25) is 0 Å². The molecule has 1 aromatic carbocycles. The van der Waals surface area contributed by atoms with Crippen LogP contribution in [-0.4, -0.2) is 5.11 Å². The van der Waals surface area contributed by atoms with Gasteiger partial charge in [-0.2, -0.15) is 0 Å². The molecule has 2 aliphatic carbocycles. The number of aromatic hydroxyl groups is 1. The molecule has 1 nitrogen and oxygen atoms in total. The highest BCUT2D eigenvalue weighted by Crippen LogP contribution is 2.62. The predicted octanol–water partition coefficient (Wildman–Crippen LogP) is 9.28. The fraction of sp³-hybridized carbons (Fsp3) is 0.793. The van der Waals surface area contributed by atoms with Crippen LogP contribution in [0.15, 0.2) is 12.1 Å². The SMILES string of the molecule is CC(C)CCC1CC2(CC(C)C)CCCC(c3cc(C(C)(C)C)cc(CBr)c3O)(C1)C2. The summed E-state index contributed by atoms with van der Waals surface area (Å²) in [6, 6.07) is 4.63. The number of fused-ring (bicyclic) bond motifs is 2. The van der Waals surface area contributed by atoms with Crippen LogP contribution >= 0.6 is 15.9 Å². The molecule has 2 bridgehead atoms. The lowest BCUT2D eigenvalue weighted by Gasteiger charge is -2.56. The van der Waals surface area contributed by atoms with Gasteiger partial charge in [0.05, 0.1) is 0 Å². The maximum absolute atomic E-state index is 11.5. The molecule has 1 N–H and O–H groups in total. The average Bonchev–Trinajstić information content (AvgIpc) is 2.64. The Morgan fingerprint density at radius 3 is 2.35 bits per heavy atom. The minimum absolute atomic E-state index is 0.0887. The van der Waals surface area contributed by atoms with Crippen molar-refractivity contribution in [2.45, 2.75) is 122 Å². The van der Waals surface area contributed by atoms with Crippen molar-refractivity contribution < 1.29 is 5.11 Å². The fourth-order valence-electron chi connectivity index (χ4n) is 7.15. The Morgan fingerprint density at radius 1 is 1.06 bits per heavy atom. The Morgan fingerprint density at radius 2 is 1.77 bits per heavy atom. The summed E-state index contributed by atoms with van der Waals surface area (Å²) in [5.41, 5.74) is 4.41. The average molecular weight is 492 g/mol. The first-order valence-electron chi connectivity index (χ1n) is 12.8. The van der Waals surface area contributed by atoms with E-state index in [2.05, 4.69) is 76.5 Å². The van der Waals surface area contributed by atoms with Gasteiger partial charge in [0.25, 0.3) is 0 Å². The number of halogens is 1. The summed E-state index contributed by atoms with van der Waals surface area (Å²) in [7, 11) is 0. The molecule has 0 amide bonds. The number of hydrogen-bond acceptors (Lipinski definition) is 1. The Balaban J connectivity index is 2.10. The molecule has 2 saturated carbocycles. The molecule has 0 aliphatic heterocycles. The Hall–Kier alpha value is -0.500. The van der Waals surface area contributed by atoms with E-state index in [1.54, 1.807) is 0 Å². The van der Waals surface area contributed by atoms with Crippen molar-refractivity contribution in [3.63, 3.8) is 0 Å². The van der Waals surface area contributed by atoms with Gasteiger partial charge in [0.1, 0.15) is 5.75 Å². The first-order valence-corrected chi connectivity index (χ1v) is 13.9. The molecule has 0 aromatic heterocycles. The van der Waals surface area contributed by atoms with Crippen molar-refractivity contribution in [1.29, 1.82) is 0 Å². The van der Waals surface area contributed by atoms with Crippen LogP contribution in [0.2, 0.25) is 0 Å². The topological polar surface area (TPSA) is 20.2 Å². The number of hydrogen-bond donors (Lipinski definition) is 1. The summed E-state index contributed by atoms with van der Waals surface area (Å²) in [5, 5.41) is 12.2. The molecule has 2 aliphatic rings. The lowest BCUT2D eigenvalue weighted by atomic mass is 9.48. The molecule has 176 valence electrons. The second-order valence-corrected chi connectivity index (χ2v) is 13.6. The van der Waals surface area contributed by atoms with Gasteiger partial charge in [-0.15, -0.1) is 0 Å². The van der Waals surface area contributed by atoms with E-state index in [1.807, 2.05) is 0 Å². The number of rotatable bonds is 7. The van der Waals surface area contributed by atoms with E-state index < -0.39 is 0 Å². The summed E-state index contributed by atoms with van der Waals surface area (Å²) in [5.74, 6) is 2.89. The van der Waals surface area contributed by atoms with Gasteiger partial charge in [-0.1, -0.05) is 95.8 Å². The third-order valence-electron chi connectivity index (χ3n) is 8.24. The molecule has 2 heteroatoms. The first-order chi connectivity index (χ1) is 14.4. The van der Waals surface area contributed by atoms with Crippen molar-refractivity contribution in [2.24, 2.45) is 23.2 Å². The molecule has 3 unspecified atom stereocenters. The van der Waals surface area contributed by atoms with Gasteiger partial charge >= 0.3 is 0 Å². The monoisotopic (exact) mass is 490 g/mol.